The molecule has 0 saturated heterocycles. The van der Waals surface area contributed by atoms with Crippen LogP contribution in [0, 0.1) is 5.41 Å². The quantitative estimate of drug-likeness (QED) is 0.506. The van der Waals surface area contributed by atoms with Crippen molar-refractivity contribution in [3.05, 3.63) is 25.3 Å². The van der Waals surface area contributed by atoms with E-state index < -0.39 is 0 Å². The molecule has 0 heterocycles. The molecule has 0 N–H and O–H groups in total. The average Bonchev–Trinajstić information content (AvgIpc) is 2.47. The molecule has 0 aromatic rings. The summed E-state index contributed by atoms with van der Waals surface area (Å²) in [6.07, 6.45) is 9.82. The Morgan fingerprint density at radius 2 is 1.35 bits per heavy atom. The van der Waals surface area contributed by atoms with Gasteiger partial charge >= 0.3 is 11.9 Å². The molecule has 1 fully saturated rings. The maximum absolute atomic E-state index is 11.1. The molecule has 0 aromatic heterocycles. The van der Waals surface area contributed by atoms with Gasteiger partial charge in [0.1, 0.15) is 0 Å². The molecule has 1 rings (SSSR count). The first kappa shape index (κ1) is 16.5. The molecule has 20 heavy (non-hydrogen) atoms. The van der Waals surface area contributed by atoms with Crippen LogP contribution in [0.4, 0.5) is 0 Å². The molecule has 0 spiro atoms. The lowest BCUT2D eigenvalue weighted by atomic mass is 9.70. The molecule has 0 radical (unpaired) electrons. The highest BCUT2D eigenvalue weighted by molar-refractivity contribution is 5.81. The largest absolute Gasteiger partial charge is 0.463 e. The molecule has 1 saturated carbocycles. The van der Waals surface area contributed by atoms with Gasteiger partial charge in [0.15, 0.2) is 0 Å². The first-order valence-corrected chi connectivity index (χ1v) is 7.20. The fraction of sp³-hybridized carbons (Fsp3) is 0.625. The van der Waals surface area contributed by atoms with Gasteiger partial charge in [-0.3, -0.25) is 0 Å². The molecule has 1 aliphatic carbocycles. The van der Waals surface area contributed by atoms with Crippen LogP contribution in [0.15, 0.2) is 25.3 Å². The van der Waals surface area contributed by atoms with Crippen LogP contribution in [-0.4, -0.2) is 25.2 Å². The highest BCUT2D eigenvalue weighted by atomic mass is 16.5. The fourth-order valence-electron chi connectivity index (χ4n) is 2.78. The van der Waals surface area contributed by atoms with E-state index in [-0.39, 0.29) is 17.4 Å². The number of ether oxygens (including phenoxy) is 2. The van der Waals surface area contributed by atoms with Gasteiger partial charge in [-0.1, -0.05) is 32.4 Å². The first-order valence-electron chi connectivity index (χ1n) is 7.20. The highest BCUT2D eigenvalue weighted by Gasteiger charge is 2.32. The van der Waals surface area contributed by atoms with Crippen LogP contribution in [0.25, 0.3) is 0 Å². The molecule has 1 aliphatic rings. The van der Waals surface area contributed by atoms with Crippen molar-refractivity contribution in [2.24, 2.45) is 5.41 Å². The third kappa shape index (κ3) is 5.59. The van der Waals surface area contributed by atoms with Crippen LogP contribution in [0.2, 0.25) is 0 Å². The van der Waals surface area contributed by atoms with Gasteiger partial charge in [0.25, 0.3) is 0 Å². The van der Waals surface area contributed by atoms with E-state index in [0.29, 0.717) is 13.2 Å². The lowest BCUT2D eigenvalue weighted by Gasteiger charge is -2.37. The normalized spacial score (nSPS) is 17.0. The second kappa shape index (κ2) is 8.56. The second-order valence-electron chi connectivity index (χ2n) is 5.30. The van der Waals surface area contributed by atoms with Gasteiger partial charge in [0.05, 0.1) is 13.2 Å². The van der Waals surface area contributed by atoms with Crippen molar-refractivity contribution in [3.63, 3.8) is 0 Å². The van der Waals surface area contributed by atoms with Crippen LogP contribution < -0.4 is 0 Å². The van der Waals surface area contributed by atoms with Crippen LogP contribution in [-0.2, 0) is 19.1 Å². The number of carbonyl (C=O) groups is 2. The maximum Gasteiger partial charge on any atom is 0.330 e. The zero-order valence-electron chi connectivity index (χ0n) is 12.1. The maximum atomic E-state index is 11.1. The topological polar surface area (TPSA) is 52.6 Å². The standard InChI is InChI=1S/C16H24O4/c1-3-14(17)19-12-10-16(8-6-5-7-9-16)11-13-20-15(18)4-2/h3-4H,1-2,5-13H2. The van der Waals surface area contributed by atoms with Crippen molar-refractivity contribution in [1.29, 1.82) is 0 Å². The van der Waals surface area contributed by atoms with Crippen LogP contribution in [0.3, 0.4) is 0 Å². The van der Waals surface area contributed by atoms with E-state index >= 15 is 0 Å². The third-order valence-corrected chi connectivity index (χ3v) is 4.00. The minimum Gasteiger partial charge on any atom is -0.463 e. The van der Waals surface area contributed by atoms with E-state index in [1.54, 1.807) is 0 Å². The zero-order valence-corrected chi connectivity index (χ0v) is 12.1. The molecule has 4 heteroatoms. The fourth-order valence-corrected chi connectivity index (χ4v) is 2.78. The molecular weight excluding hydrogens is 256 g/mol. The number of esters is 2. The van der Waals surface area contributed by atoms with Crippen molar-refractivity contribution >= 4 is 11.9 Å². The Labute approximate surface area is 120 Å². The van der Waals surface area contributed by atoms with Crippen LogP contribution in [0.5, 0.6) is 0 Å². The van der Waals surface area contributed by atoms with E-state index in [4.69, 9.17) is 9.47 Å². The van der Waals surface area contributed by atoms with E-state index in [0.717, 1.165) is 25.7 Å². The Bertz CT molecular complexity index is 325. The summed E-state index contributed by atoms with van der Waals surface area (Å²) in [7, 11) is 0. The number of carbonyl (C=O) groups excluding carboxylic acids is 2. The summed E-state index contributed by atoms with van der Waals surface area (Å²) in [6, 6.07) is 0. The predicted octanol–water partition coefficient (Wildman–Crippen LogP) is 3.18. The molecule has 0 aromatic carbocycles. The Hall–Kier alpha value is -1.58. The van der Waals surface area contributed by atoms with Gasteiger partial charge in [-0.15, -0.1) is 0 Å². The minimum absolute atomic E-state index is 0.126. The lowest BCUT2D eigenvalue weighted by Crippen LogP contribution is -2.28. The number of rotatable bonds is 8. The summed E-state index contributed by atoms with van der Waals surface area (Å²) in [5.41, 5.74) is 0.126. The van der Waals surface area contributed by atoms with E-state index in [2.05, 4.69) is 13.2 Å². The molecule has 4 nitrogen and oxygen atoms in total. The summed E-state index contributed by atoms with van der Waals surface area (Å²) in [5.74, 6) is -0.761. The van der Waals surface area contributed by atoms with E-state index in [1.165, 1.54) is 31.4 Å². The van der Waals surface area contributed by atoms with Crippen molar-refractivity contribution < 1.29 is 19.1 Å². The number of hydrogen-bond acceptors (Lipinski definition) is 4. The Balaban J connectivity index is 2.43. The van der Waals surface area contributed by atoms with Gasteiger partial charge in [0, 0.05) is 12.2 Å². The van der Waals surface area contributed by atoms with Crippen LogP contribution in [0.1, 0.15) is 44.9 Å². The average molecular weight is 280 g/mol. The van der Waals surface area contributed by atoms with Crippen LogP contribution >= 0.6 is 0 Å². The first-order chi connectivity index (χ1) is 9.62. The smallest absolute Gasteiger partial charge is 0.330 e. The van der Waals surface area contributed by atoms with Gasteiger partial charge in [0.2, 0.25) is 0 Å². The van der Waals surface area contributed by atoms with Gasteiger partial charge in [-0.25, -0.2) is 9.59 Å². The van der Waals surface area contributed by atoms with Crippen molar-refractivity contribution in [3.8, 4) is 0 Å². The summed E-state index contributed by atoms with van der Waals surface area (Å²) in [4.78, 5) is 22.2. The molecule has 0 atom stereocenters. The molecule has 112 valence electrons. The number of hydrogen-bond donors (Lipinski definition) is 0. The summed E-state index contributed by atoms with van der Waals surface area (Å²) >= 11 is 0. The zero-order chi connectivity index (χ0) is 14.8. The van der Waals surface area contributed by atoms with Crippen molar-refractivity contribution in [1.82, 2.24) is 0 Å². The third-order valence-electron chi connectivity index (χ3n) is 4.00. The Kier molecular flexibility index (Phi) is 7.05. The minimum atomic E-state index is -0.381. The Morgan fingerprint density at radius 3 is 1.75 bits per heavy atom. The van der Waals surface area contributed by atoms with E-state index in [9.17, 15) is 9.59 Å². The van der Waals surface area contributed by atoms with Gasteiger partial charge < -0.3 is 9.47 Å². The van der Waals surface area contributed by atoms with Gasteiger partial charge in [-0.05, 0) is 31.1 Å². The molecule has 0 bridgehead atoms. The molecule has 0 aliphatic heterocycles. The second-order valence-corrected chi connectivity index (χ2v) is 5.30. The van der Waals surface area contributed by atoms with Crippen molar-refractivity contribution in [2.45, 2.75) is 44.9 Å². The summed E-state index contributed by atoms with van der Waals surface area (Å²) in [6.45, 7) is 7.57. The lowest BCUT2D eigenvalue weighted by molar-refractivity contribution is -0.139. The van der Waals surface area contributed by atoms with Crippen molar-refractivity contribution in [2.75, 3.05) is 13.2 Å². The SMILES string of the molecule is C=CC(=O)OCCC1(CCOC(=O)C=C)CCCCC1. The summed E-state index contributed by atoms with van der Waals surface area (Å²) < 4.78 is 10.2. The summed E-state index contributed by atoms with van der Waals surface area (Å²) in [5, 5.41) is 0. The Morgan fingerprint density at radius 1 is 0.900 bits per heavy atom. The monoisotopic (exact) mass is 280 g/mol. The molecule has 0 amide bonds. The van der Waals surface area contributed by atoms with E-state index in [1.807, 2.05) is 0 Å². The predicted molar refractivity (Wildman–Crippen MR) is 77.1 cm³/mol. The van der Waals surface area contributed by atoms with Gasteiger partial charge in [-0.2, -0.15) is 0 Å². The highest BCUT2D eigenvalue weighted by Crippen LogP contribution is 2.42. The molecular formula is C16H24O4. The molecule has 0 unspecified atom stereocenters.